The van der Waals surface area contributed by atoms with Crippen molar-refractivity contribution in [3.05, 3.63) is 138 Å². The van der Waals surface area contributed by atoms with Crippen LogP contribution in [0.25, 0.3) is 10.9 Å². The van der Waals surface area contributed by atoms with Crippen LogP contribution in [-0.2, 0) is 102 Å². The summed E-state index contributed by atoms with van der Waals surface area (Å²) in [6.07, 6.45) is -1.15. The Morgan fingerprint density at radius 2 is 0.957 bits per heavy atom. The molecular formula is C78H107N21O18. The van der Waals surface area contributed by atoms with Gasteiger partial charge in [-0.25, -0.2) is 0 Å². The van der Waals surface area contributed by atoms with E-state index < -0.39 is 218 Å². The van der Waals surface area contributed by atoms with E-state index in [0.717, 1.165) is 0 Å². The molecule has 1 aliphatic rings. The zero-order chi connectivity index (χ0) is 86.2. The number of hydrogen-bond donors (Lipinski definition) is 21. The van der Waals surface area contributed by atoms with Gasteiger partial charge in [0.1, 0.15) is 72.2 Å². The molecule has 5 aromatic rings. The fourth-order valence-corrected chi connectivity index (χ4v) is 12.9. The standard InChI is InChI=1S/C78H107N21O18/c1-5-42(4)65(76(116)89-51(22-14-28-86-78(84)85)68(108)90-52(66(83)106)31-43-16-8-6-9-17-43)98-64(105)39-88-67(107)53(32-44-18-10-7-11-19-44)91-74(114)59(40-100)97-73(113)57(36-62(81)103)95-70(110)55(34-46-38-87-50-21-13-12-20-48(46)50)93-71(111)56(35-61(80)102)94-69(109)54(33-45-24-26-47(101)27-25-45)92-72(112)58(37-63(82)104)96-75(115)60-23-15-29-99(60)77(117)49(79)30-41(2)3/h6-13,16-21,24-27,38,41-42,49,51-60,65,87,100-101H,5,14-15,22-23,28-37,39-40,79H2,1-4H3,(H2,80,102)(H2,81,103)(H2,82,104)(H2,83,106)(H,88,107)(H,89,116)(H,90,108)(H,91,114)(H,92,112)(H,93,111)(H,94,109)(H,95,110)(H,96,115)(H,97,113)(H,98,105)(H4,84,85,86)/t42-,49-,51-,52-,53-,54-,55-,56-,57-,58-,59-,60-,65-/m0/s1. The lowest BCUT2D eigenvalue weighted by molar-refractivity contribution is -0.141. The second-order valence-electron chi connectivity index (χ2n) is 29.0. The molecule has 632 valence electrons. The Kier molecular flexibility index (Phi) is 36.3. The van der Waals surface area contributed by atoms with Crippen LogP contribution in [-0.4, -0.2) is 219 Å². The van der Waals surface area contributed by atoms with E-state index in [-0.39, 0.29) is 68.4 Å². The molecule has 1 aromatic heterocycles. The van der Waals surface area contributed by atoms with Gasteiger partial charge in [-0.1, -0.05) is 125 Å². The van der Waals surface area contributed by atoms with Gasteiger partial charge in [0.15, 0.2) is 5.96 Å². The van der Waals surface area contributed by atoms with Gasteiger partial charge in [0.2, 0.25) is 94.5 Å². The number of H-pyrrole nitrogens is 1. The largest absolute Gasteiger partial charge is 0.508 e. The van der Waals surface area contributed by atoms with Gasteiger partial charge in [0.05, 0.1) is 38.5 Å². The van der Waals surface area contributed by atoms with Crippen LogP contribution in [0.5, 0.6) is 5.75 Å². The van der Waals surface area contributed by atoms with Crippen LogP contribution in [0.2, 0.25) is 0 Å². The van der Waals surface area contributed by atoms with E-state index in [4.69, 9.17) is 40.1 Å². The molecule has 1 aliphatic heterocycles. The summed E-state index contributed by atoms with van der Waals surface area (Å²) in [4.78, 5) is 230. The maximum Gasteiger partial charge on any atom is 0.245 e. The van der Waals surface area contributed by atoms with Crippen molar-refractivity contribution in [2.75, 3.05) is 26.2 Å². The third kappa shape index (κ3) is 30.0. The summed E-state index contributed by atoms with van der Waals surface area (Å²) in [5.74, 6) is -17.6. The SMILES string of the molecule is CC[C@H](C)[C@H](NC(=O)CNC(=O)[C@H](Cc1ccccc1)NC(=O)[C@H](CO)NC(=O)[C@H](CC(N)=O)NC(=O)[C@H](Cc1c[nH]c2ccccc12)NC(=O)[C@H](CC(N)=O)NC(=O)[C@H](Cc1ccc(O)cc1)NC(=O)[C@H](CC(N)=O)NC(=O)[C@@H]1CCCN1C(=O)[C@@H](N)CC(C)C)C(=O)N[C@@H](CCCN=C(N)N)C(=O)N[C@@H](Cc1ccccc1)C(N)=O. The van der Waals surface area contributed by atoms with Crippen molar-refractivity contribution in [1.29, 1.82) is 0 Å². The monoisotopic (exact) mass is 1630 g/mol. The molecule has 6 rings (SSSR count). The molecule has 39 nitrogen and oxygen atoms in total. The first-order chi connectivity index (χ1) is 55.5. The minimum Gasteiger partial charge on any atom is -0.508 e. The number of phenols is 1. The average molecular weight is 1630 g/mol. The van der Waals surface area contributed by atoms with E-state index in [1.54, 1.807) is 98.8 Å². The first-order valence-electron chi connectivity index (χ1n) is 38.1. The van der Waals surface area contributed by atoms with Crippen molar-refractivity contribution >= 4 is 111 Å². The summed E-state index contributed by atoms with van der Waals surface area (Å²) in [6.45, 7) is 5.31. The highest BCUT2D eigenvalue weighted by atomic mass is 16.3. The van der Waals surface area contributed by atoms with Crippen LogP contribution < -0.4 is 98.6 Å². The fourth-order valence-electron chi connectivity index (χ4n) is 12.9. The Morgan fingerprint density at radius 3 is 1.47 bits per heavy atom. The molecule has 0 aliphatic carbocycles. The van der Waals surface area contributed by atoms with Crippen molar-refractivity contribution in [3.8, 4) is 5.75 Å². The molecule has 0 spiro atoms. The van der Waals surface area contributed by atoms with Crippen molar-refractivity contribution < 1.29 is 86.9 Å². The van der Waals surface area contributed by atoms with Crippen LogP contribution in [0, 0.1) is 11.8 Å². The molecule has 117 heavy (non-hydrogen) atoms. The summed E-state index contributed by atoms with van der Waals surface area (Å²) in [5, 5.41) is 48.5. The maximum atomic E-state index is 14.9. The Hall–Kier alpha value is -13.1. The molecule has 16 amide bonds. The molecular weight excluding hydrogens is 1520 g/mol. The van der Waals surface area contributed by atoms with Crippen LogP contribution in [0.15, 0.2) is 120 Å². The van der Waals surface area contributed by atoms with Gasteiger partial charge in [-0.15, -0.1) is 0 Å². The third-order valence-corrected chi connectivity index (χ3v) is 19.2. The Bertz CT molecular complexity index is 4350. The highest BCUT2D eigenvalue weighted by molar-refractivity contribution is 6.02. The number of primary amides is 4. The minimum atomic E-state index is -2.03. The van der Waals surface area contributed by atoms with Gasteiger partial charge in [-0.05, 0) is 84.4 Å². The Balaban J connectivity index is 1.20. The zero-order valence-corrected chi connectivity index (χ0v) is 65.4. The number of hydrogen-bond acceptors (Lipinski definition) is 20. The number of nitrogens with zero attached hydrogens (tertiary/aromatic N) is 2. The normalized spacial score (nSPS) is 15.5. The summed E-state index contributed by atoms with van der Waals surface area (Å²) in [5.41, 5.74) is 42.1. The lowest BCUT2D eigenvalue weighted by Crippen LogP contribution is -2.62. The number of nitrogens with one attached hydrogen (secondary N) is 12. The van der Waals surface area contributed by atoms with Gasteiger partial charge in [0, 0.05) is 55.9 Å². The van der Waals surface area contributed by atoms with E-state index >= 15 is 0 Å². The first kappa shape index (κ1) is 92.8. The van der Waals surface area contributed by atoms with Gasteiger partial charge in [0.25, 0.3) is 0 Å². The number of benzene rings is 4. The number of phenolic OH excluding ortho intramolecular Hbond substituents is 1. The number of aromatic nitrogens is 1. The van der Waals surface area contributed by atoms with Crippen molar-refractivity contribution in [2.45, 2.75) is 184 Å². The molecule has 4 aromatic carbocycles. The average Bonchev–Trinajstić information content (AvgIpc) is 1.70. The number of aliphatic imine (C=N–C) groups is 1. The number of likely N-dealkylation sites (tertiary alicyclic amines) is 1. The topological polar surface area (TPSA) is 659 Å². The quantitative estimate of drug-likeness (QED) is 0.00982. The van der Waals surface area contributed by atoms with Crippen LogP contribution in [0.4, 0.5) is 0 Å². The molecule has 13 atom stereocenters. The number of carbonyl (C=O) groups is 16. The van der Waals surface area contributed by atoms with Gasteiger partial charge in [-0.3, -0.25) is 81.7 Å². The number of para-hydroxylation sites is 1. The number of carbonyl (C=O) groups excluding carboxylic acids is 16. The van der Waals surface area contributed by atoms with Crippen LogP contribution >= 0.6 is 0 Å². The van der Waals surface area contributed by atoms with Gasteiger partial charge < -0.3 is 119 Å². The zero-order valence-electron chi connectivity index (χ0n) is 65.4. The number of nitrogens with two attached hydrogens (primary N) is 7. The molecule has 28 N–H and O–H groups in total. The van der Waals surface area contributed by atoms with Gasteiger partial charge >= 0.3 is 0 Å². The number of aromatic hydroxyl groups is 1. The second kappa shape index (κ2) is 45.7. The lowest BCUT2D eigenvalue weighted by Gasteiger charge is -2.29. The van der Waals surface area contributed by atoms with E-state index in [1.165, 1.54) is 35.4 Å². The highest BCUT2D eigenvalue weighted by Gasteiger charge is 2.41. The van der Waals surface area contributed by atoms with E-state index in [2.05, 4.69) is 68.5 Å². The smallest absolute Gasteiger partial charge is 0.245 e. The molecule has 1 saturated heterocycles. The molecule has 0 bridgehead atoms. The molecule has 2 heterocycles. The van der Waals surface area contributed by atoms with E-state index in [9.17, 15) is 86.9 Å². The number of guanidine groups is 1. The van der Waals surface area contributed by atoms with Crippen LogP contribution in [0.3, 0.4) is 0 Å². The molecule has 1 fully saturated rings. The van der Waals surface area contributed by atoms with Crippen molar-refractivity contribution in [3.63, 3.8) is 0 Å². The number of aliphatic hydroxyl groups excluding tert-OH is 1. The molecule has 0 unspecified atom stereocenters. The molecule has 39 heteroatoms. The second-order valence-corrected chi connectivity index (χ2v) is 29.0. The van der Waals surface area contributed by atoms with Crippen molar-refractivity contribution in [2.24, 2.45) is 57.0 Å². The summed E-state index contributed by atoms with van der Waals surface area (Å²) in [6, 6.07) is 9.93. The highest BCUT2D eigenvalue weighted by Crippen LogP contribution is 2.23. The summed E-state index contributed by atoms with van der Waals surface area (Å²) < 4.78 is 0. The summed E-state index contributed by atoms with van der Waals surface area (Å²) in [7, 11) is 0. The predicted molar refractivity (Wildman–Crippen MR) is 426 cm³/mol. The number of fused-ring (bicyclic) bond motifs is 1. The Labute approximate surface area is 674 Å². The lowest BCUT2D eigenvalue weighted by atomic mass is 9.97. The summed E-state index contributed by atoms with van der Waals surface area (Å²) >= 11 is 0. The number of aliphatic hydroxyl groups is 1. The maximum absolute atomic E-state index is 14.9. The van der Waals surface area contributed by atoms with Crippen molar-refractivity contribution in [1.82, 2.24) is 68.4 Å². The predicted octanol–water partition coefficient (Wildman–Crippen LogP) is -5.32. The minimum absolute atomic E-state index is 0.0219. The molecule has 0 radical (unpaired) electrons. The fraction of sp³-hybridized carbons (Fsp3) is 0.449. The number of aromatic amines is 1. The number of amides is 16. The number of rotatable bonds is 47. The molecule has 0 saturated carbocycles. The van der Waals surface area contributed by atoms with Gasteiger partial charge in [-0.2, -0.15) is 0 Å². The Morgan fingerprint density at radius 1 is 0.513 bits per heavy atom. The first-order valence-corrected chi connectivity index (χ1v) is 38.1. The van der Waals surface area contributed by atoms with Crippen LogP contribution in [0.1, 0.15) is 108 Å². The third-order valence-electron chi connectivity index (χ3n) is 19.2. The van der Waals surface area contributed by atoms with E-state index in [0.29, 0.717) is 46.9 Å². The van der Waals surface area contributed by atoms with E-state index in [1.807, 2.05) is 13.8 Å².